The van der Waals surface area contributed by atoms with E-state index in [0.717, 1.165) is 10.6 Å². The molecule has 0 N–H and O–H groups in total. The zero-order valence-electron chi connectivity index (χ0n) is 12.6. The second kappa shape index (κ2) is 4.38. The van der Waals surface area contributed by atoms with Crippen molar-refractivity contribution >= 4 is 53.9 Å². The molecule has 0 bridgehead atoms. The van der Waals surface area contributed by atoms with E-state index in [2.05, 4.69) is 60.7 Å². The standard InChI is InChI=1S/C22H11ClS/c23-16-8-2-6-14-13-5-1-4-12-10-11-18-22(19(12)13)21-15(20(14)16)7-3-9-17(21)24-18/h1-11H. The van der Waals surface area contributed by atoms with E-state index in [1.165, 1.54) is 47.6 Å². The van der Waals surface area contributed by atoms with Gasteiger partial charge in [0.1, 0.15) is 0 Å². The average molecular weight is 343 g/mol. The summed E-state index contributed by atoms with van der Waals surface area (Å²) in [5.41, 5.74) is 4.93. The highest BCUT2D eigenvalue weighted by Gasteiger charge is 2.23. The lowest BCUT2D eigenvalue weighted by Gasteiger charge is -2.12. The van der Waals surface area contributed by atoms with Crippen molar-refractivity contribution in [3.8, 4) is 22.3 Å². The molecule has 0 nitrogen and oxygen atoms in total. The van der Waals surface area contributed by atoms with Crippen molar-refractivity contribution in [2.45, 2.75) is 0 Å². The minimum absolute atomic E-state index is 0.823. The first kappa shape index (κ1) is 13.0. The Morgan fingerprint density at radius 1 is 0.583 bits per heavy atom. The Bertz CT molecular complexity index is 1310. The van der Waals surface area contributed by atoms with Gasteiger partial charge in [0.05, 0.1) is 0 Å². The summed E-state index contributed by atoms with van der Waals surface area (Å²) in [7, 11) is 0. The van der Waals surface area contributed by atoms with E-state index in [9.17, 15) is 0 Å². The molecule has 0 saturated carbocycles. The molecule has 0 fully saturated rings. The van der Waals surface area contributed by atoms with Crippen LogP contribution in [0.1, 0.15) is 0 Å². The summed E-state index contributed by atoms with van der Waals surface area (Å²) in [6, 6.07) is 23.9. The summed E-state index contributed by atoms with van der Waals surface area (Å²) in [6.07, 6.45) is 0. The van der Waals surface area contributed by atoms with Gasteiger partial charge in [-0.3, -0.25) is 0 Å². The van der Waals surface area contributed by atoms with Gasteiger partial charge in [-0.1, -0.05) is 60.1 Å². The maximum Gasteiger partial charge on any atom is 0.0490 e. The van der Waals surface area contributed by atoms with Gasteiger partial charge >= 0.3 is 0 Å². The van der Waals surface area contributed by atoms with Crippen molar-refractivity contribution in [2.75, 3.05) is 0 Å². The number of hydrogen-bond donors (Lipinski definition) is 0. The van der Waals surface area contributed by atoms with Crippen LogP contribution in [0.2, 0.25) is 5.02 Å². The first-order valence-corrected chi connectivity index (χ1v) is 9.18. The van der Waals surface area contributed by atoms with E-state index in [-0.39, 0.29) is 0 Å². The molecule has 0 atom stereocenters. The second-order valence-corrected chi connectivity index (χ2v) is 7.78. The van der Waals surface area contributed by atoms with Crippen molar-refractivity contribution < 1.29 is 0 Å². The maximum absolute atomic E-state index is 6.68. The Hall–Kier alpha value is -2.35. The largest absolute Gasteiger partial charge is 0.135 e. The van der Waals surface area contributed by atoms with Crippen LogP contribution < -0.4 is 0 Å². The molecule has 1 aliphatic rings. The molecule has 112 valence electrons. The Balaban J connectivity index is 2.08. The van der Waals surface area contributed by atoms with Crippen LogP contribution in [0.5, 0.6) is 0 Å². The lowest BCUT2D eigenvalue weighted by atomic mass is 9.94. The fourth-order valence-corrected chi connectivity index (χ4v) is 5.56. The topological polar surface area (TPSA) is 0 Å². The van der Waals surface area contributed by atoms with Crippen LogP contribution >= 0.6 is 22.9 Å². The first-order chi connectivity index (χ1) is 11.8. The summed E-state index contributed by atoms with van der Waals surface area (Å²) < 4.78 is 2.68. The quantitative estimate of drug-likeness (QED) is 0.268. The monoisotopic (exact) mass is 342 g/mol. The third-order valence-electron chi connectivity index (χ3n) is 5.08. The van der Waals surface area contributed by atoms with Crippen molar-refractivity contribution in [3.63, 3.8) is 0 Å². The Kier molecular flexibility index (Phi) is 2.37. The molecule has 5 aromatic rings. The van der Waals surface area contributed by atoms with Gasteiger partial charge in [0.25, 0.3) is 0 Å². The molecule has 1 heterocycles. The lowest BCUT2D eigenvalue weighted by Crippen LogP contribution is -1.86. The molecule has 0 amide bonds. The molecular formula is C22H11ClS. The van der Waals surface area contributed by atoms with Gasteiger partial charge in [0.2, 0.25) is 0 Å². The fraction of sp³-hybridized carbons (Fsp3) is 0. The van der Waals surface area contributed by atoms with Gasteiger partial charge in [0.15, 0.2) is 0 Å². The van der Waals surface area contributed by atoms with Crippen LogP contribution in [-0.4, -0.2) is 0 Å². The third-order valence-corrected chi connectivity index (χ3v) is 6.51. The minimum Gasteiger partial charge on any atom is -0.135 e. The number of halogens is 1. The van der Waals surface area contributed by atoms with Crippen LogP contribution in [0.15, 0.2) is 66.7 Å². The molecular weight excluding hydrogens is 332 g/mol. The van der Waals surface area contributed by atoms with Crippen molar-refractivity contribution in [3.05, 3.63) is 71.8 Å². The summed E-state index contributed by atoms with van der Waals surface area (Å²) >= 11 is 8.55. The van der Waals surface area contributed by atoms with Crippen molar-refractivity contribution in [1.29, 1.82) is 0 Å². The summed E-state index contributed by atoms with van der Waals surface area (Å²) in [4.78, 5) is 0. The van der Waals surface area contributed by atoms with Gasteiger partial charge in [-0.15, -0.1) is 11.3 Å². The highest BCUT2D eigenvalue weighted by molar-refractivity contribution is 7.26. The Morgan fingerprint density at radius 2 is 1.33 bits per heavy atom. The molecule has 0 saturated heterocycles. The van der Waals surface area contributed by atoms with Crippen LogP contribution in [0.4, 0.5) is 0 Å². The van der Waals surface area contributed by atoms with Gasteiger partial charge in [-0.25, -0.2) is 0 Å². The third kappa shape index (κ3) is 1.45. The predicted octanol–water partition coefficient (Wildman–Crippen LogP) is 7.51. The number of benzene rings is 4. The average Bonchev–Trinajstić information content (AvgIpc) is 2.93. The normalized spacial score (nSPS) is 12.4. The molecule has 4 aromatic carbocycles. The summed E-state index contributed by atoms with van der Waals surface area (Å²) in [5, 5.41) is 6.20. The maximum atomic E-state index is 6.68. The van der Waals surface area contributed by atoms with Gasteiger partial charge in [0, 0.05) is 30.8 Å². The lowest BCUT2D eigenvalue weighted by molar-refractivity contribution is 1.64. The number of rotatable bonds is 0. The van der Waals surface area contributed by atoms with E-state index >= 15 is 0 Å². The van der Waals surface area contributed by atoms with Gasteiger partial charge < -0.3 is 0 Å². The molecule has 0 unspecified atom stereocenters. The van der Waals surface area contributed by atoms with Gasteiger partial charge in [-0.2, -0.15) is 0 Å². The molecule has 0 radical (unpaired) electrons. The molecule has 24 heavy (non-hydrogen) atoms. The highest BCUT2D eigenvalue weighted by Crippen LogP contribution is 2.51. The summed E-state index contributed by atoms with van der Waals surface area (Å²) in [6.45, 7) is 0. The van der Waals surface area contributed by atoms with Crippen molar-refractivity contribution in [2.24, 2.45) is 0 Å². The molecule has 1 aliphatic carbocycles. The Labute approximate surface area is 147 Å². The predicted molar refractivity (Wildman–Crippen MR) is 106 cm³/mol. The van der Waals surface area contributed by atoms with E-state index < -0.39 is 0 Å². The number of fused-ring (bicyclic) bond motifs is 3. The smallest absolute Gasteiger partial charge is 0.0490 e. The molecule has 1 aromatic heterocycles. The fourth-order valence-electron chi connectivity index (χ4n) is 4.14. The highest BCUT2D eigenvalue weighted by atomic mass is 35.5. The number of hydrogen-bond acceptors (Lipinski definition) is 1. The molecule has 0 aliphatic heterocycles. The minimum atomic E-state index is 0.823. The van der Waals surface area contributed by atoms with E-state index in [0.29, 0.717) is 0 Å². The molecule has 2 heteroatoms. The van der Waals surface area contributed by atoms with Gasteiger partial charge in [-0.05, 0) is 45.7 Å². The Morgan fingerprint density at radius 3 is 2.29 bits per heavy atom. The van der Waals surface area contributed by atoms with E-state index in [1.54, 1.807) is 0 Å². The first-order valence-electron chi connectivity index (χ1n) is 7.99. The van der Waals surface area contributed by atoms with E-state index in [1.807, 2.05) is 17.4 Å². The van der Waals surface area contributed by atoms with Crippen LogP contribution in [-0.2, 0) is 0 Å². The van der Waals surface area contributed by atoms with Crippen LogP contribution in [0, 0.1) is 0 Å². The SMILES string of the molecule is Clc1cccc2c1-c1cccc3sc4ccc5cccc-2c5c4c13. The van der Waals surface area contributed by atoms with Crippen LogP contribution in [0.25, 0.3) is 53.2 Å². The second-order valence-electron chi connectivity index (χ2n) is 6.29. The molecule has 0 spiro atoms. The van der Waals surface area contributed by atoms with Crippen molar-refractivity contribution in [1.82, 2.24) is 0 Å². The zero-order chi connectivity index (χ0) is 15.8. The van der Waals surface area contributed by atoms with E-state index in [4.69, 9.17) is 11.6 Å². The molecule has 6 rings (SSSR count). The van der Waals surface area contributed by atoms with Crippen LogP contribution in [0.3, 0.4) is 0 Å². The zero-order valence-corrected chi connectivity index (χ0v) is 14.2. The number of thiophene rings is 1. The summed E-state index contributed by atoms with van der Waals surface area (Å²) in [5.74, 6) is 0.